The van der Waals surface area contributed by atoms with Crippen LogP contribution in [0.4, 0.5) is 0 Å². The van der Waals surface area contributed by atoms with Crippen LogP contribution >= 0.6 is 11.8 Å². The van der Waals surface area contributed by atoms with Crippen molar-refractivity contribution in [2.24, 2.45) is 7.05 Å². The van der Waals surface area contributed by atoms with Crippen molar-refractivity contribution in [3.8, 4) is 0 Å². The van der Waals surface area contributed by atoms with Gasteiger partial charge in [0.05, 0.1) is 6.61 Å². The lowest BCUT2D eigenvalue weighted by Gasteiger charge is -2.26. The number of aryl methyl sites for hydroxylation is 1. The van der Waals surface area contributed by atoms with E-state index in [4.69, 9.17) is 0 Å². The molecule has 1 aromatic heterocycles. The average Bonchev–Trinajstić information content (AvgIpc) is 2.70. The fourth-order valence-electron chi connectivity index (χ4n) is 1.31. The number of likely N-dealkylation sites (N-methyl/N-ethyl adjacent to an activating group) is 1. The second-order valence-electron chi connectivity index (χ2n) is 4.15. The quantitative estimate of drug-likeness (QED) is 0.545. The van der Waals surface area contributed by atoms with Crippen molar-refractivity contribution in [1.82, 2.24) is 20.1 Å². The van der Waals surface area contributed by atoms with Crippen LogP contribution in [0.5, 0.6) is 0 Å². The zero-order valence-corrected chi connectivity index (χ0v) is 10.9. The number of rotatable bonds is 7. The first-order chi connectivity index (χ1) is 7.61. The number of aromatic nitrogens is 3. The Morgan fingerprint density at radius 3 is 2.88 bits per heavy atom. The summed E-state index contributed by atoms with van der Waals surface area (Å²) < 4.78 is 1.91. The lowest BCUT2D eigenvalue weighted by molar-refractivity contribution is 0.173. The molecule has 5 nitrogen and oxygen atoms in total. The van der Waals surface area contributed by atoms with Crippen molar-refractivity contribution in [2.75, 3.05) is 19.4 Å². The van der Waals surface area contributed by atoms with E-state index in [1.165, 1.54) is 0 Å². The van der Waals surface area contributed by atoms with Crippen molar-refractivity contribution in [1.29, 1.82) is 0 Å². The lowest BCUT2D eigenvalue weighted by Crippen LogP contribution is -2.43. The molecule has 1 aromatic rings. The summed E-state index contributed by atoms with van der Waals surface area (Å²) in [5, 5.41) is 21.1. The van der Waals surface area contributed by atoms with Crippen molar-refractivity contribution in [3.05, 3.63) is 6.33 Å². The van der Waals surface area contributed by atoms with Crippen LogP contribution in [-0.4, -0.2) is 44.8 Å². The van der Waals surface area contributed by atoms with Crippen molar-refractivity contribution >= 4 is 11.8 Å². The largest absolute Gasteiger partial charge is 0.394 e. The molecule has 0 saturated carbocycles. The van der Waals surface area contributed by atoms with Gasteiger partial charge < -0.3 is 15.0 Å². The predicted octanol–water partition coefficient (Wildman–Crippen LogP) is 0.658. The van der Waals surface area contributed by atoms with Gasteiger partial charge in [0.2, 0.25) is 0 Å². The Morgan fingerprint density at radius 1 is 1.62 bits per heavy atom. The van der Waals surface area contributed by atoms with Gasteiger partial charge >= 0.3 is 0 Å². The first-order valence-electron chi connectivity index (χ1n) is 5.38. The first-order valence-corrected chi connectivity index (χ1v) is 6.36. The first kappa shape index (κ1) is 13.5. The molecule has 0 saturated heterocycles. The van der Waals surface area contributed by atoms with Crippen LogP contribution in [0.25, 0.3) is 0 Å². The average molecular weight is 244 g/mol. The van der Waals surface area contributed by atoms with E-state index in [0.29, 0.717) is 0 Å². The fourth-order valence-corrected chi connectivity index (χ4v) is 2.14. The van der Waals surface area contributed by atoms with Gasteiger partial charge in [-0.3, -0.25) is 0 Å². The normalized spacial score (nSPS) is 15.0. The Kier molecular flexibility index (Phi) is 5.24. The molecule has 6 heteroatoms. The van der Waals surface area contributed by atoms with E-state index in [-0.39, 0.29) is 12.1 Å². The number of hydrogen-bond donors (Lipinski definition) is 2. The molecule has 92 valence electrons. The summed E-state index contributed by atoms with van der Waals surface area (Å²) >= 11 is 1.70. The van der Waals surface area contributed by atoms with Gasteiger partial charge in [-0.05, 0) is 26.8 Å². The van der Waals surface area contributed by atoms with Crippen molar-refractivity contribution in [3.63, 3.8) is 0 Å². The van der Waals surface area contributed by atoms with E-state index in [9.17, 15) is 5.11 Å². The third-order valence-corrected chi connectivity index (χ3v) is 3.85. The van der Waals surface area contributed by atoms with Gasteiger partial charge in [-0.1, -0.05) is 11.8 Å². The Bertz CT molecular complexity index is 312. The Hall–Kier alpha value is -0.590. The molecule has 0 radical (unpaired) electrons. The molecule has 1 unspecified atom stereocenters. The smallest absolute Gasteiger partial charge is 0.190 e. The number of thioether (sulfide) groups is 1. The fraction of sp³-hybridized carbons (Fsp3) is 0.800. The van der Waals surface area contributed by atoms with Crippen LogP contribution in [0.3, 0.4) is 0 Å². The van der Waals surface area contributed by atoms with Gasteiger partial charge in [-0.2, -0.15) is 0 Å². The van der Waals surface area contributed by atoms with E-state index in [2.05, 4.69) is 15.5 Å². The van der Waals surface area contributed by atoms with Gasteiger partial charge in [0, 0.05) is 18.3 Å². The highest BCUT2D eigenvalue weighted by Crippen LogP contribution is 2.18. The lowest BCUT2D eigenvalue weighted by atomic mass is 9.98. The summed E-state index contributed by atoms with van der Waals surface area (Å²) in [6.07, 6.45) is 3.69. The van der Waals surface area contributed by atoms with Crippen LogP contribution in [-0.2, 0) is 7.05 Å². The van der Waals surface area contributed by atoms with Gasteiger partial charge in [0.15, 0.2) is 5.16 Å². The molecule has 0 spiro atoms. The molecule has 1 atom stereocenters. The Labute approximate surface area is 101 Å². The molecule has 0 fully saturated rings. The van der Waals surface area contributed by atoms with Crippen molar-refractivity contribution < 1.29 is 5.11 Å². The van der Waals surface area contributed by atoms with E-state index >= 15 is 0 Å². The second-order valence-corrected chi connectivity index (χ2v) is 5.21. The number of nitrogens with zero attached hydrogens (tertiary/aromatic N) is 3. The van der Waals surface area contributed by atoms with Crippen LogP contribution in [0.2, 0.25) is 0 Å². The minimum absolute atomic E-state index is 0.165. The molecule has 1 rings (SSSR count). The number of hydrogen-bond acceptors (Lipinski definition) is 5. The number of aliphatic hydroxyl groups excluding tert-OH is 1. The molecule has 0 aliphatic rings. The zero-order valence-electron chi connectivity index (χ0n) is 10.1. The Balaban J connectivity index is 2.24. The summed E-state index contributed by atoms with van der Waals surface area (Å²) in [4.78, 5) is 0. The van der Waals surface area contributed by atoms with Crippen LogP contribution in [0, 0.1) is 0 Å². The minimum atomic E-state index is -0.166. The highest BCUT2D eigenvalue weighted by molar-refractivity contribution is 7.99. The molecule has 0 aliphatic heterocycles. The predicted molar refractivity (Wildman–Crippen MR) is 65.5 cm³/mol. The van der Waals surface area contributed by atoms with Crippen LogP contribution in [0.1, 0.15) is 19.8 Å². The highest BCUT2D eigenvalue weighted by atomic mass is 32.2. The maximum absolute atomic E-state index is 9.22. The second kappa shape index (κ2) is 6.22. The van der Waals surface area contributed by atoms with Gasteiger partial charge in [-0.15, -0.1) is 10.2 Å². The molecule has 2 N–H and O–H groups in total. The maximum atomic E-state index is 9.22. The number of aliphatic hydroxyl groups is 1. The molecule has 0 amide bonds. The molecule has 1 heterocycles. The van der Waals surface area contributed by atoms with Gasteiger partial charge in [0.1, 0.15) is 6.33 Å². The van der Waals surface area contributed by atoms with E-state index in [1.807, 2.05) is 25.6 Å². The summed E-state index contributed by atoms with van der Waals surface area (Å²) in [6, 6.07) is 0. The summed E-state index contributed by atoms with van der Waals surface area (Å²) in [5.74, 6) is 0.990. The molecule has 16 heavy (non-hydrogen) atoms. The van der Waals surface area contributed by atoms with Crippen molar-refractivity contribution in [2.45, 2.75) is 30.5 Å². The Morgan fingerprint density at radius 2 is 2.38 bits per heavy atom. The standard InChI is InChI=1S/C10H20N4OS/c1-10(7-15,11-2)5-4-6-16-9-13-12-8-14(9)3/h8,11,15H,4-7H2,1-3H3. The van der Waals surface area contributed by atoms with E-state index in [1.54, 1.807) is 18.1 Å². The summed E-state index contributed by atoms with van der Waals surface area (Å²) in [6.45, 7) is 2.19. The molecular weight excluding hydrogens is 224 g/mol. The molecule has 0 aromatic carbocycles. The third-order valence-electron chi connectivity index (χ3n) is 2.73. The SMILES string of the molecule is CNC(C)(CO)CCCSc1nncn1C. The van der Waals surface area contributed by atoms with Crippen LogP contribution < -0.4 is 5.32 Å². The minimum Gasteiger partial charge on any atom is -0.394 e. The molecule has 0 aliphatic carbocycles. The summed E-state index contributed by atoms with van der Waals surface area (Å²) in [7, 11) is 3.82. The van der Waals surface area contributed by atoms with Gasteiger partial charge in [-0.25, -0.2) is 0 Å². The monoisotopic (exact) mass is 244 g/mol. The van der Waals surface area contributed by atoms with E-state index in [0.717, 1.165) is 23.8 Å². The number of nitrogens with one attached hydrogen (secondary N) is 1. The highest BCUT2D eigenvalue weighted by Gasteiger charge is 2.19. The molecule has 0 bridgehead atoms. The zero-order chi connectivity index (χ0) is 12.0. The third kappa shape index (κ3) is 3.77. The van der Waals surface area contributed by atoms with E-state index < -0.39 is 0 Å². The summed E-state index contributed by atoms with van der Waals surface area (Å²) in [5.41, 5.74) is -0.166. The van der Waals surface area contributed by atoms with Gasteiger partial charge in [0.25, 0.3) is 0 Å². The molecular formula is C10H20N4OS. The topological polar surface area (TPSA) is 63.0 Å². The maximum Gasteiger partial charge on any atom is 0.190 e. The van der Waals surface area contributed by atoms with Crippen LogP contribution in [0.15, 0.2) is 11.5 Å².